The second-order valence-electron chi connectivity index (χ2n) is 5.81. The smallest absolute Gasteiger partial charge is 0.142 e. The summed E-state index contributed by atoms with van der Waals surface area (Å²) in [6.45, 7) is 6.55. The Bertz CT molecular complexity index is 682. The van der Waals surface area contributed by atoms with Crippen LogP contribution in [0.4, 0.5) is 0 Å². The maximum absolute atomic E-state index is 6.36. The number of hydrogen-bond acceptors (Lipinski definition) is 2. The number of hydrogen-bond donors (Lipinski definition) is 0. The molecule has 0 amide bonds. The van der Waals surface area contributed by atoms with E-state index >= 15 is 0 Å². The third kappa shape index (κ3) is 3.24. The molecule has 0 fully saturated rings. The van der Waals surface area contributed by atoms with Crippen LogP contribution in [0.5, 0.6) is 5.75 Å². The van der Waals surface area contributed by atoms with Gasteiger partial charge in [0.15, 0.2) is 0 Å². The molecule has 3 rings (SSSR count). The van der Waals surface area contributed by atoms with Crippen molar-refractivity contribution in [3.63, 3.8) is 0 Å². The van der Waals surface area contributed by atoms with Crippen molar-refractivity contribution in [3.8, 4) is 5.75 Å². The van der Waals surface area contributed by atoms with Gasteiger partial charge in [-0.2, -0.15) is 0 Å². The van der Waals surface area contributed by atoms with Gasteiger partial charge < -0.3 is 4.74 Å². The van der Waals surface area contributed by atoms with Crippen LogP contribution in [0, 0.1) is 13.8 Å². The first-order valence-electron chi connectivity index (χ1n) is 7.43. The molecular weight excluding hydrogens is 317 g/mol. The van der Waals surface area contributed by atoms with Gasteiger partial charge >= 0.3 is 0 Å². The van der Waals surface area contributed by atoms with Gasteiger partial charge in [-0.05, 0) is 55.2 Å². The predicted molar refractivity (Wildman–Crippen MR) is 92.0 cm³/mol. The standard InChI is InChI=1S/C18H19Cl2NO/c1-12-9-17-16(13(2)18(12)20)10-21(11-22-17)8-7-14-3-5-15(19)6-4-14/h3-6,9H,7-8,10-11H2,1-2H3. The van der Waals surface area contributed by atoms with E-state index in [0.717, 1.165) is 46.4 Å². The molecule has 0 atom stereocenters. The minimum Gasteiger partial charge on any atom is -0.478 e. The minimum absolute atomic E-state index is 0.626. The molecule has 4 heteroatoms. The molecule has 1 heterocycles. The van der Waals surface area contributed by atoms with Gasteiger partial charge in [-0.3, -0.25) is 4.90 Å². The topological polar surface area (TPSA) is 12.5 Å². The Hall–Kier alpha value is -1.22. The van der Waals surface area contributed by atoms with Crippen LogP contribution in [-0.4, -0.2) is 18.2 Å². The minimum atomic E-state index is 0.626. The highest BCUT2D eigenvalue weighted by Gasteiger charge is 2.21. The lowest BCUT2D eigenvalue weighted by Crippen LogP contribution is -2.34. The summed E-state index contributed by atoms with van der Waals surface area (Å²) in [6.07, 6.45) is 0.981. The molecule has 0 saturated carbocycles. The maximum atomic E-state index is 6.36. The Labute approximate surface area is 141 Å². The lowest BCUT2D eigenvalue weighted by molar-refractivity contribution is 0.0961. The summed E-state index contributed by atoms with van der Waals surface area (Å²) in [7, 11) is 0. The fourth-order valence-electron chi connectivity index (χ4n) is 2.80. The molecule has 0 N–H and O–H groups in total. The number of halogens is 2. The molecule has 2 aromatic rings. The molecular formula is C18H19Cl2NO. The summed E-state index contributed by atoms with van der Waals surface area (Å²) in [4.78, 5) is 2.30. The third-order valence-corrected chi connectivity index (χ3v) is 5.02. The van der Waals surface area contributed by atoms with E-state index in [1.165, 1.54) is 11.1 Å². The van der Waals surface area contributed by atoms with Crippen LogP contribution in [0.2, 0.25) is 10.0 Å². The first kappa shape index (κ1) is 15.7. The van der Waals surface area contributed by atoms with Gasteiger partial charge in [0.05, 0.1) is 0 Å². The first-order valence-corrected chi connectivity index (χ1v) is 8.18. The van der Waals surface area contributed by atoms with E-state index in [2.05, 4.69) is 24.0 Å². The third-order valence-electron chi connectivity index (χ3n) is 4.19. The van der Waals surface area contributed by atoms with Crippen molar-refractivity contribution in [2.24, 2.45) is 0 Å². The molecule has 1 aliphatic heterocycles. The monoisotopic (exact) mass is 335 g/mol. The fraction of sp³-hybridized carbons (Fsp3) is 0.333. The first-order chi connectivity index (χ1) is 10.5. The second-order valence-corrected chi connectivity index (χ2v) is 6.63. The zero-order valence-corrected chi connectivity index (χ0v) is 14.3. The average Bonchev–Trinajstić information content (AvgIpc) is 2.52. The fourth-order valence-corrected chi connectivity index (χ4v) is 3.09. The van der Waals surface area contributed by atoms with Crippen LogP contribution in [0.3, 0.4) is 0 Å². The SMILES string of the molecule is Cc1cc2c(c(C)c1Cl)CN(CCc1ccc(Cl)cc1)CO2. The van der Waals surface area contributed by atoms with Gasteiger partial charge in [0.1, 0.15) is 12.5 Å². The Morgan fingerprint density at radius 3 is 2.59 bits per heavy atom. The highest BCUT2D eigenvalue weighted by molar-refractivity contribution is 6.32. The van der Waals surface area contributed by atoms with E-state index in [0.29, 0.717) is 6.73 Å². The molecule has 0 radical (unpaired) electrons. The zero-order valence-electron chi connectivity index (χ0n) is 12.8. The van der Waals surface area contributed by atoms with Gasteiger partial charge in [0, 0.05) is 28.7 Å². The maximum Gasteiger partial charge on any atom is 0.142 e. The number of benzene rings is 2. The molecule has 22 heavy (non-hydrogen) atoms. The lowest BCUT2D eigenvalue weighted by atomic mass is 10.0. The summed E-state index contributed by atoms with van der Waals surface area (Å²) in [5.74, 6) is 0.974. The van der Waals surface area contributed by atoms with E-state index in [4.69, 9.17) is 27.9 Å². The molecule has 1 aliphatic rings. The Morgan fingerprint density at radius 1 is 1.14 bits per heavy atom. The van der Waals surface area contributed by atoms with Crippen molar-refractivity contribution in [3.05, 3.63) is 62.6 Å². The van der Waals surface area contributed by atoms with Gasteiger partial charge in [0.25, 0.3) is 0 Å². The van der Waals surface area contributed by atoms with Gasteiger partial charge in [-0.1, -0.05) is 35.3 Å². The van der Waals surface area contributed by atoms with Crippen LogP contribution < -0.4 is 4.74 Å². The molecule has 0 spiro atoms. The number of aryl methyl sites for hydroxylation is 1. The van der Waals surface area contributed by atoms with Gasteiger partial charge in [-0.25, -0.2) is 0 Å². The summed E-state index contributed by atoms with van der Waals surface area (Å²) in [5, 5.41) is 1.63. The normalized spacial score (nSPS) is 14.5. The molecule has 116 valence electrons. The van der Waals surface area contributed by atoms with Crippen LogP contribution in [0.15, 0.2) is 30.3 Å². The average molecular weight is 336 g/mol. The highest BCUT2D eigenvalue weighted by atomic mass is 35.5. The molecule has 0 saturated heterocycles. The van der Waals surface area contributed by atoms with Crippen molar-refractivity contribution in [1.82, 2.24) is 4.90 Å². The summed E-state index contributed by atoms with van der Waals surface area (Å²) < 4.78 is 5.91. The van der Waals surface area contributed by atoms with E-state index < -0.39 is 0 Å². The Balaban J connectivity index is 1.69. The van der Waals surface area contributed by atoms with Crippen molar-refractivity contribution >= 4 is 23.2 Å². The summed E-state index contributed by atoms with van der Waals surface area (Å²) >= 11 is 12.3. The molecule has 0 aromatic heterocycles. The molecule has 0 aliphatic carbocycles. The van der Waals surface area contributed by atoms with E-state index in [1.807, 2.05) is 25.1 Å². The summed E-state index contributed by atoms with van der Waals surface area (Å²) in [5.41, 5.74) is 4.70. The van der Waals surface area contributed by atoms with E-state index in [9.17, 15) is 0 Å². The largest absolute Gasteiger partial charge is 0.478 e. The van der Waals surface area contributed by atoms with Crippen molar-refractivity contribution in [1.29, 1.82) is 0 Å². The summed E-state index contributed by atoms with van der Waals surface area (Å²) in [6, 6.07) is 10.1. The quantitative estimate of drug-likeness (QED) is 0.782. The number of fused-ring (bicyclic) bond motifs is 1. The molecule has 0 unspecified atom stereocenters. The number of nitrogens with zero attached hydrogens (tertiary/aromatic N) is 1. The molecule has 2 aromatic carbocycles. The highest BCUT2D eigenvalue weighted by Crippen LogP contribution is 2.34. The van der Waals surface area contributed by atoms with Gasteiger partial charge in [-0.15, -0.1) is 0 Å². The van der Waals surface area contributed by atoms with Crippen LogP contribution in [0.25, 0.3) is 0 Å². The number of rotatable bonds is 3. The van der Waals surface area contributed by atoms with Crippen molar-refractivity contribution in [2.45, 2.75) is 26.8 Å². The van der Waals surface area contributed by atoms with Crippen molar-refractivity contribution < 1.29 is 4.74 Å². The zero-order chi connectivity index (χ0) is 15.7. The predicted octanol–water partition coefficient (Wildman–Crippen LogP) is 5.00. The number of ether oxygens (including phenoxy) is 1. The van der Waals surface area contributed by atoms with Crippen LogP contribution in [0.1, 0.15) is 22.3 Å². The van der Waals surface area contributed by atoms with E-state index in [-0.39, 0.29) is 0 Å². The van der Waals surface area contributed by atoms with E-state index in [1.54, 1.807) is 0 Å². The Morgan fingerprint density at radius 2 is 1.86 bits per heavy atom. The van der Waals surface area contributed by atoms with Crippen molar-refractivity contribution in [2.75, 3.05) is 13.3 Å². The molecule has 2 nitrogen and oxygen atoms in total. The second kappa shape index (κ2) is 6.49. The van der Waals surface area contributed by atoms with Crippen LogP contribution >= 0.6 is 23.2 Å². The lowest BCUT2D eigenvalue weighted by Gasteiger charge is -2.30. The molecule has 0 bridgehead atoms. The van der Waals surface area contributed by atoms with Gasteiger partial charge in [0.2, 0.25) is 0 Å². The Kier molecular flexibility index (Phi) is 4.62. The van der Waals surface area contributed by atoms with Crippen LogP contribution in [-0.2, 0) is 13.0 Å².